The van der Waals surface area contributed by atoms with Crippen LogP contribution in [0.15, 0.2) is 36.4 Å². The van der Waals surface area contributed by atoms with Gasteiger partial charge in [-0.15, -0.1) is 0 Å². The van der Waals surface area contributed by atoms with Crippen LogP contribution in [-0.2, 0) is 11.3 Å². The lowest BCUT2D eigenvalue weighted by molar-refractivity contribution is -0.129. The zero-order chi connectivity index (χ0) is 24.4. The predicted molar refractivity (Wildman–Crippen MR) is 134 cm³/mol. The second-order valence-electron chi connectivity index (χ2n) is 9.35. The van der Waals surface area contributed by atoms with E-state index in [0.29, 0.717) is 60.0 Å². The van der Waals surface area contributed by atoms with Crippen LogP contribution in [0.2, 0.25) is 10.0 Å². The Hall–Kier alpha value is -2.48. The number of nitrogens with one attached hydrogen (secondary N) is 1. The van der Waals surface area contributed by atoms with Crippen LogP contribution < -0.4 is 14.8 Å². The van der Waals surface area contributed by atoms with Crippen LogP contribution >= 0.6 is 23.2 Å². The number of benzene rings is 2. The van der Waals surface area contributed by atoms with Gasteiger partial charge in [-0.2, -0.15) is 0 Å². The summed E-state index contributed by atoms with van der Waals surface area (Å²) in [7, 11) is 0. The molecule has 5 rings (SSSR count). The Morgan fingerprint density at radius 3 is 2.43 bits per heavy atom. The van der Waals surface area contributed by atoms with Gasteiger partial charge < -0.3 is 19.7 Å². The molecular formula is C26H29Cl2N3O4. The summed E-state index contributed by atoms with van der Waals surface area (Å²) in [6.45, 7) is 3.12. The molecule has 186 valence electrons. The average molecular weight is 518 g/mol. The van der Waals surface area contributed by atoms with Crippen molar-refractivity contribution in [1.29, 1.82) is 0 Å². The Labute approximate surface area is 215 Å². The number of hydrogen-bond donors (Lipinski definition) is 1. The van der Waals surface area contributed by atoms with Gasteiger partial charge in [0.15, 0.2) is 11.5 Å². The Kier molecular flexibility index (Phi) is 7.37. The summed E-state index contributed by atoms with van der Waals surface area (Å²) < 4.78 is 10.8. The van der Waals surface area contributed by atoms with Crippen LogP contribution in [0, 0.1) is 5.92 Å². The van der Waals surface area contributed by atoms with Crippen molar-refractivity contribution < 1.29 is 19.1 Å². The summed E-state index contributed by atoms with van der Waals surface area (Å²) in [6.07, 6.45) is 4.44. The van der Waals surface area contributed by atoms with Crippen LogP contribution in [0.1, 0.15) is 41.6 Å². The highest BCUT2D eigenvalue weighted by molar-refractivity contribution is 6.42. The highest BCUT2D eigenvalue weighted by atomic mass is 35.5. The Morgan fingerprint density at radius 1 is 0.943 bits per heavy atom. The number of piperazine rings is 1. The van der Waals surface area contributed by atoms with Crippen molar-refractivity contribution in [3.05, 3.63) is 57.6 Å². The molecule has 0 unspecified atom stereocenters. The first kappa shape index (κ1) is 24.2. The number of carbonyl (C=O) groups is 2. The summed E-state index contributed by atoms with van der Waals surface area (Å²) in [5.41, 5.74) is 1.51. The van der Waals surface area contributed by atoms with Gasteiger partial charge >= 0.3 is 0 Å². The number of amides is 2. The summed E-state index contributed by atoms with van der Waals surface area (Å²) in [4.78, 5) is 30.5. The molecule has 9 heteroatoms. The quantitative estimate of drug-likeness (QED) is 0.616. The number of rotatable bonds is 6. The first-order chi connectivity index (χ1) is 17.0. The van der Waals surface area contributed by atoms with Crippen molar-refractivity contribution in [3.8, 4) is 11.5 Å². The fraction of sp³-hybridized carbons (Fsp3) is 0.462. The van der Waals surface area contributed by atoms with Crippen molar-refractivity contribution in [2.45, 2.75) is 38.3 Å². The largest absolute Gasteiger partial charge is 0.454 e. The molecule has 35 heavy (non-hydrogen) atoms. The van der Waals surface area contributed by atoms with E-state index >= 15 is 0 Å². The Morgan fingerprint density at radius 2 is 1.69 bits per heavy atom. The maximum atomic E-state index is 13.4. The SMILES string of the molecule is O=C(NCc1ccc2c(c1)OCO2)[C@H](C1CCCC1)N1CCN(C(=O)c2ccc(Cl)c(Cl)c2)CC1. The normalized spacial score (nSPS) is 19.1. The molecule has 1 saturated heterocycles. The highest BCUT2D eigenvalue weighted by Gasteiger charge is 2.37. The minimum absolute atomic E-state index is 0.0545. The third-order valence-electron chi connectivity index (χ3n) is 7.18. The molecule has 1 N–H and O–H groups in total. The minimum Gasteiger partial charge on any atom is -0.454 e. The van der Waals surface area contributed by atoms with Crippen LogP contribution in [0.3, 0.4) is 0 Å². The topological polar surface area (TPSA) is 71.1 Å². The van der Waals surface area contributed by atoms with Gasteiger partial charge in [0.2, 0.25) is 12.7 Å². The molecular weight excluding hydrogens is 489 g/mol. The number of ether oxygens (including phenoxy) is 2. The Balaban J connectivity index is 1.22. The number of carbonyl (C=O) groups excluding carboxylic acids is 2. The number of halogens is 2. The van der Waals surface area contributed by atoms with E-state index in [9.17, 15) is 9.59 Å². The molecule has 1 saturated carbocycles. The smallest absolute Gasteiger partial charge is 0.253 e. The predicted octanol–water partition coefficient (Wildman–Crippen LogP) is 4.36. The van der Waals surface area contributed by atoms with Gasteiger partial charge in [-0.25, -0.2) is 0 Å². The van der Waals surface area contributed by atoms with E-state index in [4.69, 9.17) is 32.7 Å². The van der Waals surface area contributed by atoms with E-state index in [1.165, 1.54) is 0 Å². The van der Waals surface area contributed by atoms with Gasteiger partial charge in [0.25, 0.3) is 5.91 Å². The fourth-order valence-corrected chi connectivity index (χ4v) is 5.61. The standard InChI is InChI=1S/C26H29Cl2N3O4/c27-20-7-6-19(14-21(20)28)26(33)31-11-9-30(10-12-31)24(18-3-1-2-4-18)25(32)29-15-17-5-8-22-23(13-17)35-16-34-22/h5-8,13-14,18,24H,1-4,9-12,15-16H2,(H,29,32)/t24-/m0/s1. The maximum Gasteiger partial charge on any atom is 0.253 e. The van der Waals surface area contributed by atoms with E-state index in [1.807, 2.05) is 23.1 Å². The summed E-state index contributed by atoms with van der Waals surface area (Å²) in [5.74, 6) is 1.78. The van der Waals surface area contributed by atoms with Gasteiger partial charge in [-0.3, -0.25) is 14.5 Å². The molecule has 2 aromatic carbocycles. The minimum atomic E-state index is -0.186. The van der Waals surface area contributed by atoms with Crippen LogP contribution in [0.4, 0.5) is 0 Å². The lowest BCUT2D eigenvalue weighted by atomic mass is 9.94. The van der Waals surface area contributed by atoms with Crippen molar-refractivity contribution in [3.63, 3.8) is 0 Å². The van der Waals surface area contributed by atoms with Crippen molar-refractivity contribution in [2.75, 3.05) is 33.0 Å². The molecule has 2 aliphatic heterocycles. The summed E-state index contributed by atoms with van der Waals surface area (Å²) >= 11 is 12.1. The van der Waals surface area contributed by atoms with Crippen LogP contribution in [-0.4, -0.2) is 60.6 Å². The van der Waals surface area contributed by atoms with Crippen molar-refractivity contribution >= 4 is 35.0 Å². The second-order valence-corrected chi connectivity index (χ2v) is 10.2. The molecule has 2 amide bonds. The monoisotopic (exact) mass is 517 g/mol. The molecule has 0 aromatic heterocycles. The first-order valence-electron chi connectivity index (χ1n) is 12.1. The van der Waals surface area contributed by atoms with Gasteiger partial charge in [0, 0.05) is 38.3 Å². The molecule has 1 aliphatic carbocycles. The average Bonchev–Trinajstić information content (AvgIpc) is 3.57. The second kappa shape index (κ2) is 10.6. The van der Waals surface area contributed by atoms with Crippen LogP contribution in [0.25, 0.3) is 0 Å². The molecule has 3 aliphatic rings. The summed E-state index contributed by atoms with van der Waals surface area (Å²) in [5, 5.41) is 3.95. The zero-order valence-electron chi connectivity index (χ0n) is 19.5. The van der Waals surface area contributed by atoms with E-state index in [-0.39, 0.29) is 24.6 Å². The van der Waals surface area contributed by atoms with E-state index in [2.05, 4.69) is 10.2 Å². The molecule has 1 atom stereocenters. The Bertz CT molecular complexity index is 1100. The number of hydrogen-bond acceptors (Lipinski definition) is 5. The lowest BCUT2D eigenvalue weighted by Crippen LogP contribution is -2.57. The van der Waals surface area contributed by atoms with Gasteiger partial charge in [-0.1, -0.05) is 42.1 Å². The molecule has 2 aromatic rings. The molecule has 7 nitrogen and oxygen atoms in total. The lowest BCUT2D eigenvalue weighted by Gasteiger charge is -2.40. The van der Waals surface area contributed by atoms with Gasteiger partial charge in [0.1, 0.15) is 0 Å². The van der Waals surface area contributed by atoms with Crippen LogP contribution in [0.5, 0.6) is 11.5 Å². The van der Waals surface area contributed by atoms with Crippen molar-refractivity contribution in [2.24, 2.45) is 5.92 Å². The summed E-state index contributed by atoms with van der Waals surface area (Å²) in [6, 6.07) is 10.5. The zero-order valence-corrected chi connectivity index (χ0v) is 21.0. The van der Waals surface area contributed by atoms with E-state index in [1.54, 1.807) is 18.2 Å². The van der Waals surface area contributed by atoms with E-state index < -0.39 is 0 Å². The highest BCUT2D eigenvalue weighted by Crippen LogP contribution is 2.33. The molecule has 2 heterocycles. The van der Waals surface area contributed by atoms with Gasteiger partial charge in [0.05, 0.1) is 16.1 Å². The number of nitrogens with zero attached hydrogens (tertiary/aromatic N) is 2. The number of fused-ring (bicyclic) bond motifs is 1. The van der Waals surface area contributed by atoms with E-state index in [0.717, 1.165) is 37.0 Å². The third kappa shape index (κ3) is 5.37. The van der Waals surface area contributed by atoms with Crippen molar-refractivity contribution in [1.82, 2.24) is 15.1 Å². The van der Waals surface area contributed by atoms with Gasteiger partial charge in [-0.05, 0) is 54.7 Å². The fourth-order valence-electron chi connectivity index (χ4n) is 5.31. The molecule has 2 fully saturated rings. The molecule has 0 spiro atoms. The molecule has 0 bridgehead atoms. The maximum absolute atomic E-state index is 13.4. The third-order valence-corrected chi connectivity index (χ3v) is 7.92. The first-order valence-corrected chi connectivity index (χ1v) is 12.9. The molecule has 0 radical (unpaired) electrons.